The van der Waals surface area contributed by atoms with Crippen LogP contribution >= 0.6 is 0 Å². The van der Waals surface area contributed by atoms with Crippen LogP contribution in [0.25, 0.3) is 0 Å². The van der Waals surface area contributed by atoms with Crippen molar-refractivity contribution in [2.24, 2.45) is 5.92 Å². The molecule has 1 saturated heterocycles. The summed E-state index contributed by atoms with van der Waals surface area (Å²) >= 11 is 0. The van der Waals surface area contributed by atoms with Gasteiger partial charge in [0.25, 0.3) is 0 Å². The fraction of sp³-hybridized carbons (Fsp3) is 0.481. The third-order valence-corrected chi connectivity index (χ3v) is 8.86. The maximum Gasteiger partial charge on any atom is 0.234 e. The molecule has 3 aliphatic rings. The number of hydrogen-bond acceptors (Lipinski definition) is 1. The lowest BCUT2D eigenvalue weighted by Gasteiger charge is -2.58. The summed E-state index contributed by atoms with van der Waals surface area (Å²) in [7, 11) is 0. The number of hydrogen-bond donors (Lipinski definition) is 0. The van der Waals surface area contributed by atoms with E-state index in [1.807, 2.05) is 4.90 Å². The first-order chi connectivity index (χ1) is 18.4. The molecule has 2 aromatic rings. The Balaban J connectivity index is 1.91. The van der Waals surface area contributed by atoms with Crippen LogP contribution in [0.2, 0.25) is 5.82 Å². The molecule has 0 spiro atoms. The van der Waals surface area contributed by atoms with Crippen LogP contribution in [0.5, 0.6) is 0 Å². The molecule has 5 rings (SSSR count). The highest BCUT2D eigenvalue weighted by Crippen LogP contribution is 2.54. The smallest absolute Gasteiger partial charge is 0.234 e. The molecule has 1 heterocycles. The highest BCUT2D eigenvalue weighted by Gasteiger charge is 2.58. The second-order valence-electron chi connectivity index (χ2n) is 10.8. The van der Waals surface area contributed by atoms with Crippen LogP contribution in [0.4, 0.5) is 43.9 Å². The van der Waals surface area contributed by atoms with E-state index in [4.69, 9.17) is 0 Å². The summed E-state index contributed by atoms with van der Waals surface area (Å²) in [6.45, 7) is 0.251. The van der Waals surface area contributed by atoms with E-state index in [1.54, 1.807) is 6.92 Å². The van der Waals surface area contributed by atoms with Crippen molar-refractivity contribution in [1.82, 2.24) is 4.90 Å². The predicted molar refractivity (Wildman–Crippen MR) is 125 cm³/mol. The minimum Gasteiger partial charge on any atom is -0.297 e. The molecule has 0 N–H and O–H groups in total. The van der Waals surface area contributed by atoms with E-state index < -0.39 is 87.2 Å². The summed E-state index contributed by atoms with van der Waals surface area (Å²) in [4.78, 5) is 2.01. The Hall–Kier alpha value is -2.50. The van der Waals surface area contributed by atoms with E-state index in [1.165, 1.54) is 6.08 Å². The van der Waals surface area contributed by atoms with E-state index in [-0.39, 0.29) is 5.92 Å². The Morgan fingerprint density at radius 1 is 0.641 bits per heavy atom. The lowest BCUT2D eigenvalue weighted by Crippen LogP contribution is -2.66. The van der Waals surface area contributed by atoms with E-state index >= 15 is 17.6 Å². The van der Waals surface area contributed by atoms with Gasteiger partial charge in [-0.05, 0) is 63.9 Å². The summed E-state index contributed by atoms with van der Waals surface area (Å²) < 4.78 is 148. The highest BCUT2D eigenvalue weighted by molar-refractivity contribution is 6.87. The van der Waals surface area contributed by atoms with Gasteiger partial charge in [-0.15, -0.1) is 0 Å². The summed E-state index contributed by atoms with van der Waals surface area (Å²) in [5, 5.41) is 0. The number of likely N-dealkylation sites (tertiary alicyclic amines) is 1. The molecule has 39 heavy (non-hydrogen) atoms. The van der Waals surface area contributed by atoms with E-state index in [9.17, 15) is 26.3 Å². The predicted octanol–water partition coefficient (Wildman–Crippen LogP) is 6.43. The van der Waals surface area contributed by atoms with Gasteiger partial charge in [-0.1, -0.05) is 24.5 Å². The second kappa shape index (κ2) is 10.2. The average Bonchev–Trinajstić information content (AvgIpc) is 3.47. The van der Waals surface area contributed by atoms with Crippen molar-refractivity contribution < 1.29 is 43.9 Å². The van der Waals surface area contributed by atoms with E-state index in [2.05, 4.69) is 0 Å². The molecular formula is C27H24BF10N. The maximum atomic E-state index is 15.4. The van der Waals surface area contributed by atoms with Gasteiger partial charge < -0.3 is 0 Å². The molecule has 0 aromatic heterocycles. The number of nitrogens with zero attached hydrogens (tertiary/aromatic N) is 1. The fourth-order valence-corrected chi connectivity index (χ4v) is 7.32. The lowest BCUT2D eigenvalue weighted by atomic mass is 9.27. The normalized spacial score (nSPS) is 25.6. The molecule has 1 unspecified atom stereocenters. The van der Waals surface area contributed by atoms with Crippen molar-refractivity contribution in [3.63, 3.8) is 0 Å². The van der Waals surface area contributed by atoms with Crippen molar-refractivity contribution in [1.29, 1.82) is 0 Å². The lowest BCUT2D eigenvalue weighted by molar-refractivity contribution is 0.0124. The zero-order valence-electron chi connectivity index (χ0n) is 20.9. The minimum atomic E-state index is -2.50. The SMILES string of the molecule is CC1=C[C@@H](B(c2c(F)c(F)c(F)c(F)c2F)c2c(F)c(F)c(F)c(F)c2F)[C@]2(N3CCCC3)CCCCC2C1. The van der Waals surface area contributed by atoms with Gasteiger partial charge in [0.15, 0.2) is 58.2 Å². The zero-order valence-corrected chi connectivity index (χ0v) is 20.9. The maximum absolute atomic E-state index is 15.4. The summed E-state index contributed by atoms with van der Waals surface area (Å²) in [6, 6.07) is 0. The largest absolute Gasteiger partial charge is 0.297 e. The Morgan fingerprint density at radius 2 is 1.08 bits per heavy atom. The zero-order chi connectivity index (χ0) is 28.4. The molecule has 0 radical (unpaired) electrons. The fourth-order valence-electron chi connectivity index (χ4n) is 7.32. The van der Waals surface area contributed by atoms with Crippen molar-refractivity contribution in [3.05, 3.63) is 69.8 Å². The van der Waals surface area contributed by atoms with Crippen LogP contribution in [0.3, 0.4) is 0 Å². The van der Waals surface area contributed by atoms with Crippen molar-refractivity contribution >= 4 is 17.6 Å². The molecule has 210 valence electrons. The number of allylic oxidation sites excluding steroid dienone is 1. The number of rotatable bonds is 4. The molecule has 2 aliphatic carbocycles. The number of halogens is 10. The Bertz CT molecular complexity index is 1230. The minimum absolute atomic E-state index is 0.232. The summed E-state index contributed by atoms with van der Waals surface area (Å²) in [5.41, 5.74) is -3.68. The molecule has 1 saturated carbocycles. The quantitative estimate of drug-likeness (QED) is 0.136. The third-order valence-electron chi connectivity index (χ3n) is 8.86. The molecular weight excluding hydrogens is 539 g/mol. The van der Waals surface area contributed by atoms with E-state index in [0.717, 1.165) is 19.3 Å². The van der Waals surface area contributed by atoms with Crippen molar-refractivity contribution in [3.8, 4) is 0 Å². The Kier molecular flexibility index (Phi) is 7.31. The van der Waals surface area contributed by atoms with Gasteiger partial charge in [-0.2, -0.15) is 0 Å². The van der Waals surface area contributed by atoms with Crippen LogP contribution < -0.4 is 10.9 Å². The van der Waals surface area contributed by atoms with Gasteiger partial charge in [-0.3, -0.25) is 4.90 Å². The van der Waals surface area contributed by atoms with Crippen LogP contribution in [-0.4, -0.2) is 30.2 Å². The van der Waals surface area contributed by atoms with Crippen LogP contribution in [0.15, 0.2) is 11.6 Å². The first kappa shape index (κ1) is 28.0. The molecule has 0 amide bonds. The third kappa shape index (κ3) is 4.11. The molecule has 2 aromatic carbocycles. The van der Waals surface area contributed by atoms with Gasteiger partial charge in [0.05, 0.1) is 0 Å². The number of benzene rings is 2. The Labute approximate surface area is 218 Å². The Morgan fingerprint density at radius 3 is 1.54 bits per heavy atom. The topological polar surface area (TPSA) is 3.24 Å². The summed E-state index contributed by atoms with van der Waals surface area (Å²) in [6.07, 6.45) is 5.77. The first-order valence-electron chi connectivity index (χ1n) is 12.9. The molecule has 2 fully saturated rings. The van der Waals surface area contributed by atoms with Gasteiger partial charge >= 0.3 is 0 Å². The molecule has 0 bridgehead atoms. The molecule has 3 atom stereocenters. The first-order valence-corrected chi connectivity index (χ1v) is 12.9. The van der Waals surface area contributed by atoms with Crippen molar-refractivity contribution in [2.45, 2.75) is 63.2 Å². The average molecular weight is 563 g/mol. The number of fused-ring (bicyclic) bond motifs is 1. The van der Waals surface area contributed by atoms with E-state index in [0.29, 0.717) is 44.3 Å². The van der Waals surface area contributed by atoms with Gasteiger partial charge in [0, 0.05) is 16.5 Å². The monoisotopic (exact) mass is 563 g/mol. The summed E-state index contributed by atoms with van der Waals surface area (Å²) in [5.74, 6) is -25.6. The van der Waals surface area contributed by atoms with Crippen LogP contribution in [-0.2, 0) is 0 Å². The van der Waals surface area contributed by atoms with Crippen molar-refractivity contribution in [2.75, 3.05) is 13.1 Å². The van der Waals surface area contributed by atoms with Gasteiger partial charge in [0.2, 0.25) is 6.71 Å². The van der Waals surface area contributed by atoms with Crippen LogP contribution in [0.1, 0.15) is 51.9 Å². The van der Waals surface area contributed by atoms with Crippen LogP contribution in [0, 0.1) is 64.1 Å². The van der Waals surface area contributed by atoms with Gasteiger partial charge in [-0.25, -0.2) is 43.9 Å². The highest BCUT2D eigenvalue weighted by atomic mass is 19.2. The molecule has 12 heteroatoms. The molecule has 1 nitrogen and oxygen atoms in total. The standard InChI is InChI=1S/C27H24BF10N/c1-12-10-13-6-2-3-7-27(13,39-8-4-5-9-39)14(11-12)28(15-17(29)21(33)25(37)22(34)18(15)30)16-19(31)23(35)26(38)24(36)20(16)32/h11,13-14H,2-10H2,1H3/t13?,14-,27+/m1/s1. The second-order valence-corrected chi connectivity index (χ2v) is 10.8. The van der Waals surface area contributed by atoms with Gasteiger partial charge in [0.1, 0.15) is 0 Å². The molecule has 1 aliphatic heterocycles.